The third-order valence-corrected chi connectivity index (χ3v) is 4.40. The molecule has 0 bridgehead atoms. The second-order valence-corrected chi connectivity index (χ2v) is 6.55. The lowest BCUT2D eigenvalue weighted by atomic mass is 10.2. The summed E-state index contributed by atoms with van der Waals surface area (Å²) in [4.78, 5) is 13.7. The van der Waals surface area contributed by atoms with E-state index >= 15 is 0 Å². The molecule has 1 amide bonds. The fourth-order valence-electron chi connectivity index (χ4n) is 3.04. The molecule has 0 fully saturated rings. The van der Waals surface area contributed by atoms with E-state index in [2.05, 4.69) is 20.7 Å². The first-order valence-corrected chi connectivity index (χ1v) is 9.42. The van der Waals surface area contributed by atoms with Crippen molar-refractivity contribution in [3.8, 4) is 17.1 Å². The van der Waals surface area contributed by atoms with Crippen LogP contribution < -0.4 is 10.1 Å². The van der Waals surface area contributed by atoms with Gasteiger partial charge < -0.3 is 14.5 Å². The number of rotatable bonds is 7. The van der Waals surface area contributed by atoms with Gasteiger partial charge in [-0.3, -0.25) is 4.79 Å². The first-order valence-electron chi connectivity index (χ1n) is 9.42. The Morgan fingerprint density at radius 1 is 1.21 bits per heavy atom. The summed E-state index contributed by atoms with van der Waals surface area (Å²) in [5.41, 5.74) is 1.52. The number of benzene rings is 2. The zero-order valence-electron chi connectivity index (χ0n) is 16.2. The second kappa shape index (κ2) is 8.14. The number of carbonyl (C=O) groups excluding carboxylic acids is 1. The van der Waals surface area contributed by atoms with Gasteiger partial charge in [-0.1, -0.05) is 42.5 Å². The van der Waals surface area contributed by atoms with E-state index in [1.54, 1.807) is 0 Å². The SMILES string of the molecule is CCOc1cccc2cc(C(C)NC(=O)Cn3nnc(-c4ccccc4)n3)oc12. The Morgan fingerprint density at radius 3 is 2.83 bits per heavy atom. The molecule has 0 aliphatic carbocycles. The Hall–Kier alpha value is -3.68. The van der Waals surface area contributed by atoms with Crippen LogP contribution in [0.1, 0.15) is 25.6 Å². The van der Waals surface area contributed by atoms with Crippen molar-refractivity contribution in [2.24, 2.45) is 0 Å². The van der Waals surface area contributed by atoms with Crippen LogP contribution in [0.2, 0.25) is 0 Å². The fraction of sp³-hybridized carbons (Fsp3) is 0.238. The van der Waals surface area contributed by atoms with Crippen molar-refractivity contribution >= 4 is 16.9 Å². The van der Waals surface area contributed by atoms with Gasteiger partial charge in [0.15, 0.2) is 11.3 Å². The van der Waals surface area contributed by atoms with Gasteiger partial charge in [-0.15, -0.1) is 10.2 Å². The molecule has 0 saturated heterocycles. The second-order valence-electron chi connectivity index (χ2n) is 6.55. The summed E-state index contributed by atoms with van der Waals surface area (Å²) < 4.78 is 11.5. The molecule has 1 N–H and O–H groups in total. The maximum atomic E-state index is 12.4. The van der Waals surface area contributed by atoms with E-state index in [1.165, 1.54) is 4.80 Å². The zero-order chi connectivity index (χ0) is 20.2. The molecule has 0 radical (unpaired) electrons. The lowest BCUT2D eigenvalue weighted by Crippen LogP contribution is -2.30. The van der Waals surface area contributed by atoms with Gasteiger partial charge in [-0.2, -0.15) is 4.80 Å². The number of hydrogen-bond acceptors (Lipinski definition) is 6. The third-order valence-electron chi connectivity index (χ3n) is 4.40. The average Bonchev–Trinajstić information content (AvgIpc) is 3.36. The number of nitrogens with one attached hydrogen (secondary N) is 1. The summed E-state index contributed by atoms with van der Waals surface area (Å²) >= 11 is 0. The predicted molar refractivity (Wildman–Crippen MR) is 107 cm³/mol. The monoisotopic (exact) mass is 391 g/mol. The van der Waals surface area contributed by atoms with Crippen molar-refractivity contribution < 1.29 is 13.9 Å². The molecule has 2 aromatic carbocycles. The van der Waals surface area contributed by atoms with Gasteiger partial charge in [-0.25, -0.2) is 0 Å². The molecule has 8 nitrogen and oxygen atoms in total. The number of tetrazole rings is 1. The molecule has 0 aliphatic heterocycles. The van der Waals surface area contributed by atoms with Gasteiger partial charge in [0.05, 0.1) is 12.6 Å². The highest BCUT2D eigenvalue weighted by atomic mass is 16.5. The number of fused-ring (bicyclic) bond motifs is 1. The minimum Gasteiger partial charge on any atom is -0.490 e. The molecule has 4 aromatic rings. The van der Waals surface area contributed by atoms with E-state index in [9.17, 15) is 4.79 Å². The number of hydrogen-bond donors (Lipinski definition) is 1. The van der Waals surface area contributed by atoms with Crippen LogP contribution in [-0.2, 0) is 11.3 Å². The van der Waals surface area contributed by atoms with Crippen LogP contribution in [0.3, 0.4) is 0 Å². The highest BCUT2D eigenvalue weighted by molar-refractivity contribution is 5.84. The smallest absolute Gasteiger partial charge is 0.244 e. The minimum atomic E-state index is -0.318. The largest absolute Gasteiger partial charge is 0.490 e. The van der Waals surface area contributed by atoms with E-state index < -0.39 is 0 Å². The Labute approximate surface area is 167 Å². The number of amides is 1. The first kappa shape index (κ1) is 18.7. The van der Waals surface area contributed by atoms with Crippen molar-refractivity contribution in [2.45, 2.75) is 26.4 Å². The van der Waals surface area contributed by atoms with E-state index in [1.807, 2.05) is 68.4 Å². The summed E-state index contributed by atoms with van der Waals surface area (Å²) in [5.74, 6) is 1.58. The number of furan rings is 1. The van der Waals surface area contributed by atoms with Gasteiger partial charge in [0, 0.05) is 10.9 Å². The van der Waals surface area contributed by atoms with Gasteiger partial charge in [-0.05, 0) is 31.2 Å². The maximum Gasteiger partial charge on any atom is 0.244 e. The molecule has 1 atom stereocenters. The van der Waals surface area contributed by atoms with Crippen LogP contribution in [-0.4, -0.2) is 32.7 Å². The van der Waals surface area contributed by atoms with Gasteiger partial charge in [0.1, 0.15) is 12.3 Å². The molecule has 148 valence electrons. The maximum absolute atomic E-state index is 12.4. The number of para-hydroxylation sites is 1. The minimum absolute atomic E-state index is 0.0331. The lowest BCUT2D eigenvalue weighted by molar-refractivity contribution is -0.122. The van der Waals surface area contributed by atoms with Crippen LogP contribution in [0, 0.1) is 0 Å². The molecule has 2 aromatic heterocycles. The van der Waals surface area contributed by atoms with Crippen LogP contribution in [0.15, 0.2) is 59.0 Å². The molecule has 4 rings (SSSR count). The molecule has 8 heteroatoms. The highest BCUT2D eigenvalue weighted by Gasteiger charge is 2.17. The van der Waals surface area contributed by atoms with Crippen molar-refractivity contribution in [1.82, 2.24) is 25.5 Å². The molecule has 2 heterocycles. The third kappa shape index (κ3) is 4.11. The topological polar surface area (TPSA) is 95.1 Å². The Balaban J connectivity index is 1.43. The number of ether oxygens (including phenoxy) is 1. The Bertz CT molecular complexity index is 1120. The number of aromatic nitrogens is 4. The van der Waals surface area contributed by atoms with Crippen LogP contribution in [0.5, 0.6) is 5.75 Å². The quantitative estimate of drug-likeness (QED) is 0.519. The lowest BCUT2D eigenvalue weighted by Gasteiger charge is -2.10. The molecule has 1 unspecified atom stereocenters. The average molecular weight is 391 g/mol. The van der Waals surface area contributed by atoms with Crippen molar-refractivity contribution in [3.63, 3.8) is 0 Å². The van der Waals surface area contributed by atoms with Crippen molar-refractivity contribution in [2.75, 3.05) is 6.61 Å². The summed E-state index contributed by atoms with van der Waals surface area (Å²) in [6.45, 7) is 4.30. The summed E-state index contributed by atoms with van der Waals surface area (Å²) in [7, 11) is 0. The first-order chi connectivity index (χ1) is 14.1. The van der Waals surface area contributed by atoms with E-state index in [-0.39, 0.29) is 18.5 Å². The molecular formula is C21H21N5O3. The van der Waals surface area contributed by atoms with Crippen LogP contribution >= 0.6 is 0 Å². The number of nitrogens with zero attached hydrogens (tertiary/aromatic N) is 4. The fourth-order valence-corrected chi connectivity index (χ4v) is 3.04. The highest BCUT2D eigenvalue weighted by Crippen LogP contribution is 2.31. The molecule has 0 spiro atoms. The summed E-state index contributed by atoms with van der Waals surface area (Å²) in [5, 5.41) is 16.0. The standard InChI is InChI=1S/C21H21N5O3/c1-3-28-17-11-7-10-16-12-18(29-20(16)17)14(2)22-19(27)13-26-24-21(23-25-26)15-8-5-4-6-9-15/h4-12,14H,3,13H2,1-2H3,(H,22,27). The van der Waals surface area contributed by atoms with Gasteiger partial charge >= 0.3 is 0 Å². The van der Waals surface area contributed by atoms with Crippen LogP contribution in [0.25, 0.3) is 22.4 Å². The van der Waals surface area contributed by atoms with Crippen molar-refractivity contribution in [3.05, 3.63) is 60.4 Å². The van der Waals surface area contributed by atoms with E-state index in [0.717, 1.165) is 10.9 Å². The molecule has 0 saturated carbocycles. The normalized spacial score (nSPS) is 12.1. The van der Waals surface area contributed by atoms with E-state index in [0.29, 0.717) is 29.5 Å². The molecule has 0 aliphatic rings. The summed E-state index contributed by atoms with van der Waals surface area (Å²) in [6, 6.07) is 16.8. The molecule has 29 heavy (non-hydrogen) atoms. The predicted octanol–water partition coefficient (Wildman–Crippen LogP) is 3.36. The van der Waals surface area contributed by atoms with E-state index in [4.69, 9.17) is 9.15 Å². The van der Waals surface area contributed by atoms with Crippen molar-refractivity contribution in [1.29, 1.82) is 0 Å². The molecular weight excluding hydrogens is 370 g/mol. The summed E-state index contributed by atoms with van der Waals surface area (Å²) in [6.07, 6.45) is 0. The Kier molecular flexibility index (Phi) is 5.24. The van der Waals surface area contributed by atoms with Gasteiger partial charge in [0.25, 0.3) is 0 Å². The van der Waals surface area contributed by atoms with Crippen LogP contribution in [0.4, 0.5) is 0 Å². The number of carbonyl (C=O) groups is 1. The Morgan fingerprint density at radius 2 is 2.03 bits per heavy atom. The zero-order valence-corrected chi connectivity index (χ0v) is 16.2. The van der Waals surface area contributed by atoms with Gasteiger partial charge in [0.2, 0.25) is 11.7 Å².